The lowest BCUT2D eigenvalue weighted by Crippen LogP contribution is -2.27. The summed E-state index contributed by atoms with van der Waals surface area (Å²) in [6.07, 6.45) is 3.75. The SMILES string of the molecule is CCCCOc1ccc(/C=C2\SC(=O)N(Cc3ccc(C)cc3)C2=O)cc1OC. The average Bonchev–Trinajstić information content (AvgIpc) is 2.98. The van der Waals surface area contributed by atoms with Crippen LogP contribution in [-0.4, -0.2) is 29.8 Å². The predicted octanol–water partition coefficient (Wildman–Crippen LogP) is 5.42. The zero-order valence-corrected chi connectivity index (χ0v) is 17.8. The molecule has 5 nitrogen and oxygen atoms in total. The van der Waals surface area contributed by atoms with E-state index in [1.54, 1.807) is 13.2 Å². The Kier molecular flexibility index (Phi) is 6.99. The predicted molar refractivity (Wildman–Crippen MR) is 116 cm³/mol. The van der Waals surface area contributed by atoms with Gasteiger partial charge in [0.15, 0.2) is 11.5 Å². The van der Waals surface area contributed by atoms with E-state index in [9.17, 15) is 9.59 Å². The summed E-state index contributed by atoms with van der Waals surface area (Å²) in [4.78, 5) is 26.8. The number of methoxy groups -OCH3 is 1. The van der Waals surface area contributed by atoms with Crippen molar-refractivity contribution in [1.82, 2.24) is 4.90 Å². The first-order chi connectivity index (χ1) is 14.0. The molecule has 0 N–H and O–H groups in total. The number of amides is 2. The summed E-state index contributed by atoms with van der Waals surface area (Å²) >= 11 is 0.960. The second-order valence-electron chi connectivity index (χ2n) is 6.87. The highest BCUT2D eigenvalue weighted by Gasteiger charge is 2.35. The third-order valence-electron chi connectivity index (χ3n) is 4.58. The van der Waals surface area contributed by atoms with Crippen molar-refractivity contribution in [2.24, 2.45) is 0 Å². The third kappa shape index (κ3) is 5.21. The van der Waals surface area contributed by atoms with Crippen LogP contribution >= 0.6 is 11.8 Å². The maximum Gasteiger partial charge on any atom is 0.293 e. The molecule has 6 heteroatoms. The number of nitrogens with zero attached hydrogens (tertiary/aromatic N) is 1. The molecule has 1 heterocycles. The second kappa shape index (κ2) is 9.65. The minimum Gasteiger partial charge on any atom is -0.493 e. The molecular formula is C23H25NO4S. The number of carbonyl (C=O) groups excluding carboxylic acids is 2. The number of unbranched alkanes of at least 4 members (excludes halogenated alkanes) is 1. The lowest BCUT2D eigenvalue weighted by atomic mass is 10.1. The zero-order chi connectivity index (χ0) is 20.8. The van der Waals surface area contributed by atoms with Crippen LogP contribution in [0.4, 0.5) is 4.79 Å². The van der Waals surface area contributed by atoms with Crippen LogP contribution in [0.2, 0.25) is 0 Å². The van der Waals surface area contributed by atoms with Gasteiger partial charge in [0, 0.05) is 0 Å². The van der Waals surface area contributed by atoms with Gasteiger partial charge < -0.3 is 9.47 Å². The van der Waals surface area contributed by atoms with Crippen LogP contribution in [-0.2, 0) is 11.3 Å². The van der Waals surface area contributed by atoms with Crippen LogP contribution < -0.4 is 9.47 Å². The van der Waals surface area contributed by atoms with Crippen molar-refractivity contribution < 1.29 is 19.1 Å². The maximum absolute atomic E-state index is 12.7. The Bertz CT molecular complexity index is 921. The molecule has 0 bridgehead atoms. The molecule has 1 aliphatic heterocycles. The van der Waals surface area contributed by atoms with Crippen molar-refractivity contribution in [3.8, 4) is 11.5 Å². The van der Waals surface area contributed by atoms with Gasteiger partial charge >= 0.3 is 0 Å². The zero-order valence-electron chi connectivity index (χ0n) is 16.9. The van der Waals surface area contributed by atoms with E-state index >= 15 is 0 Å². The molecule has 1 fully saturated rings. The van der Waals surface area contributed by atoms with E-state index < -0.39 is 0 Å². The fraction of sp³-hybridized carbons (Fsp3) is 0.304. The monoisotopic (exact) mass is 411 g/mol. The van der Waals surface area contributed by atoms with Gasteiger partial charge in [-0.15, -0.1) is 0 Å². The minimum absolute atomic E-state index is 0.256. The lowest BCUT2D eigenvalue weighted by molar-refractivity contribution is -0.123. The Hall–Kier alpha value is -2.73. The Balaban J connectivity index is 1.75. The molecule has 2 amide bonds. The first-order valence-corrected chi connectivity index (χ1v) is 10.4. The summed E-state index contributed by atoms with van der Waals surface area (Å²) in [7, 11) is 1.58. The van der Waals surface area contributed by atoms with E-state index in [1.807, 2.05) is 49.4 Å². The molecular weight excluding hydrogens is 386 g/mol. The van der Waals surface area contributed by atoms with Crippen LogP contribution in [0.15, 0.2) is 47.4 Å². The van der Waals surface area contributed by atoms with Crippen LogP contribution in [0.3, 0.4) is 0 Å². The maximum atomic E-state index is 12.7. The van der Waals surface area contributed by atoms with Gasteiger partial charge in [0.2, 0.25) is 0 Å². The Morgan fingerprint density at radius 1 is 1.07 bits per heavy atom. The topological polar surface area (TPSA) is 55.8 Å². The number of thioether (sulfide) groups is 1. The number of hydrogen-bond donors (Lipinski definition) is 0. The average molecular weight is 412 g/mol. The van der Waals surface area contributed by atoms with E-state index in [1.165, 1.54) is 4.90 Å². The summed E-state index contributed by atoms with van der Waals surface area (Å²) in [5.74, 6) is 1.00. The van der Waals surface area contributed by atoms with E-state index in [0.29, 0.717) is 23.0 Å². The normalized spacial score (nSPS) is 15.3. The first-order valence-electron chi connectivity index (χ1n) is 9.63. The van der Waals surface area contributed by atoms with Crippen molar-refractivity contribution in [3.63, 3.8) is 0 Å². The summed E-state index contributed by atoms with van der Waals surface area (Å²) < 4.78 is 11.2. The summed E-state index contributed by atoms with van der Waals surface area (Å²) in [6.45, 7) is 5.01. The molecule has 29 heavy (non-hydrogen) atoms. The quantitative estimate of drug-likeness (QED) is 0.429. The molecule has 0 atom stereocenters. The standard InChI is InChI=1S/C23H25NO4S/c1-4-5-12-28-19-11-10-18(13-20(19)27-3)14-21-22(25)24(23(26)29-21)15-17-8-6-16(2)7-9-17/h6-11,13-14H,4-5,12,15H2,1-3H3/b21-14-. The van der Waals surface area contributed by atoms with Crippen molar-refractivity contribution in [2.75, 3.05) is 13.7 Å². The summed E-state index contributed by atoms with van der Waals surface area (Å²) in [6, 6.07) is 13.3. The van der Waals surface area contributed by atoms with E-state index in [4.69, 9.17) is 9.47 Å². The number of aryl methyl sites for hydroxylation is 1. The highest BCUT2D eigenvalue weighted by atomic mass is 32.2. The van der Waals surface area contributed by atoms with Crippen LogP contribution in [0.25, 0.3) is 6.08 Å². The molecule has 2 aromatic carbocycles. The van der Waals surface area contributed by atoms with Gasteiger partial charge in [-0.3, -0.25) is 14.5 Å². The van der Waals surface area contributed by atoms with Gasteiger partial charge in [-0.05, 0) is 54.4 Å². The number of benzene rings is 2. The van der Waals surface area contributed by atoms with Crippen molar-refractivity contribution in [1.29, 1.82) is 0 Å². The highest BCUT2D eigenvalue weighted by Crippen LogP contribution is 2.35. The largest absolute Gasteiger partial charge is 0.493 e. The molecule has 2 aromatic rings. The number of imide groups is 1. The molecule has 0 aliphatic carbocycles. The van der Waals surface area contributed by atoms with Gasteiger partial charge in [-0.2, -0.15) is 0 Å². The molecule has 1 aliphatic rings. The molecule has 3 rings (SSSR count). The smallest absolute Gasteiger partial charge is 0.293 e. The molecule has 1 saturated heterocycles. The van der Waals surface area contributed by atoms with E-state index in [-0.39, 0.29) is 17.7 Å². The number of rotatable bonds is 8. The fourth-order valence-corrected chi connectivity index (χ4v) is 3.72. The van der Waals surface area contributed by atoms with Crippen LogP contribution in [0.1, 0.15) is 36.5 Å². The summed E-state index contributed by atoms with van der Waals surface area (Å²) in [5, 5.41) is -0.256. The van der Waals surface area contributed by atoms with Crippen molar-refractivity contribution >= 4 is 29.0 Å². The van der Waals surface area contributed by atoms with Gasteiger partial charge in [-0.25, -0.2) is 0 Å². The molecule has 0 saturated carbocycles. The summed E-state index contributed by atoms with van der Waals surface area (Å²) in [5.41, 5.74) is 2.85. The van der Waals surface area contributed by atoms with Gasteiger partial charge in [0.25, 0.3) is 11.1 Å². The lowest BCUT2D eigenvalue weighted by Gasteiger charge is -2.12. The number of ether oxygens (including phenoxy) is 2. The first kappa shape index (κ1) is 21.0. The molecule has 0 aromatic heterocycles. The molecule has 0 unspecified atom stereocenters. The Morgan fingerprint density at radius 2 is 1.83 bits per heavy atom. The molecule has 0 radical (unpaired) electrons. The third-order valence-corrected chi connectivity index (χ3v) is 5.48. The minimum atomic E-state index is -0.275. The van der Waals surface area contributed by atoms with Crippen LogP contribution in [0.5, 0.6) is 11.5 Å². The molecule has 0 spiro atoms. The van der Waals surface area contributed by atoms with E-state index in [0.717, 1.165) is 41.3 Å². The van der Waals surface area contributed by atoms with Crippen molar-refractivity contribution in [2.45, 2.75) is 33.2 Å². The second-order valence-corrected chi connectivity index (χ2v) is 7.86. The number of hydrogen-bond acceptors (Lipinski definition) is 5. The van der Waals surface area contributed by atoms with E-state index in [2.05, 4.69) is 6.92 Å². The van der Waals surface area contributed by atoms with Gasteiger partial charge in [0.1, 0.15) is 0 Å². The van der Waals surface area contributed by atoms with Gasteiger partial charge in [-0.1, -0.05) is 49.2 Å². The Labute approximate surface area is 175 Å². The van der Waals surface area contributed by atoms with Crippen molar-refractivity contribution in [3.05, 3.63) is 64.1 Å². The molecule has 152 valence electrons. The van der Waals surface area contributed by atoms with Gasteiger partial charge in [0.05, 0.1) is 25.2 Å². The fourth-order valence-electron chi connectivity index (χ4n) is 2.88. The Morgan fingerprint density at radius 3 is 2.52 bits per heavy atom. The number of carbonyl (C=O) groups is 2. The van der Waals surface area contributed by atoms with Crippen LogP contribution in [0, 0.1) is 6.92 Å². The highest BCUT2D eigenvalue weighted by molar-refractivity contribution is 8.18.